The minimum absolute atomic E-state index is 0.138. The van der Waals surface area contributed by atoms with Crippen molar-refractivity contribution in [2.24, 2.45) is 0 Å². The lowest BCUT2D eigenvalue weighted by Gasteiger charge is -2.24. The molecule has 17 heavy (non-hydrogen) atoms. The van der Waals surface area contributed by atoms with Gasteiger partial charge in [-0.1, -0.05) is 0 Å². The van der Waals surface area contributed by atoms with Gasteiger partial charge in [0.2, 0.25) is 0 Å². The second-order valence-electron chi connectivity index (χ2n) is 4.52. The van der Waals surface area contributed by atoms with Crippen LogP contribution < -0.4 is 10.1 Å². The molecule has 0 aliphatic carbocycles. The van der Waals surface area contributed by atoms with E-state index in [0.29, 0.717) is 5.56 Å². The first-order valence-corrected chi connectivity index (χ1v) is 5.91. The summed E-state index contributed by atoms with van der Waals surface area (Å²) < 4.78 is 19.0. The highest BCUT2D eigenvalue weighted by molar-refractivity contribution is 5.50. The maximum atomic E-state index is 14.1. The summed E-state index contributed by atoms with van der Waals surface area (Å²) in [6, 6.07) is 1.78. The van der Waals surface area contributed by atoms with Gasteiger partial charge in [0.15, 0.2) is 17.3 Å². The van der Waals surface area contributed by atoms with Crippen LogP contribution in [0.2, 0.25) is 0 Å². The van der Waals surface area contributed by atoms with E-state index in [2.05, 4.69) is 5.32 Å². The number of phenolic OH excluding ortho intramolecular Hbond substituents is 1. The maximum Gasteiger partial charge on any atom is 0.194 e. The van der Waals surface area contributed by atoms with Crippen LogP contribution in [-0.2, 0) is 0 Å². The van der Waals surface area contributed by atoms with E-state index >= 15 is 0 Å². The molecule has 1 aliphatic rings. The fraction of sp³-hybridized carbons (Fsp3) is 0.538. The zero-order valence-electron chi connectivity index (χ0n) is 10.2. The van der Waals surface area contributed by atoms with Gasteiger partial charge in [-0.25, -0.2) is 4.39 Å². The number of rotatable bonds is 2. The lowest BCUT2D eigenvalue weighted by atomic mass is 9.90. The molecule has 1 aromatic rings. The van der Waals surface area contributed by atoms with E-state index in [4.69, 9.17) is 4.74 Å². The van der Waals surface area contributed by atoms with Gasteiger partial charge in [-0.05, 0) is 49.4 Å². The Hall–Kier alpha value is -1.29. The predicted molar refractivity (Wildman–Crippen MR) is 64.2 cm³/mol. The van der Waals surface area contributed by atoms with Gasteiger partial charge in [0.05, 0.1) is 7.11 Å². The largest absolute Gasteiger partial charge is 0.502 e. The Morgan fingerprint density at radius 1 is 1.53 bits per heavy atom. The molecule has 2 N–H and O–H groups in total. The zero-order chi connectivity index (χ0) is 12.4. The van der Waals surface area contributed by atoms with Gasteiger partial charge < -0.3 is 15.2 Å². The lowest BCUT2D eigenvalue weighted by molar-refractivity contribution is 0.349. The van der Waals surface area contributed by atoms with Crippen LogP contribution in [0.25, 0.3) is 0 Å². The fourth-order valence-corrected chi connectivity index (χ4v) is 2.46. The molecule has 2 rings (SSSR count). The first kappa shape index (κ1) is 12.2. The minimum Gasteiger partial charge on any atom is -0.502 e. The van der Waals surface area contributed by atoms with Crippen LogP contribution in [0.4, 0.5) is 4.39 Å². The van der Waals surface area contributed by atoms with Gasteiger partial charge in [-0.15, -0.1) is 0 Å². The fourth-order valence-electron chi connectivity index (χ4n) is 2.46. The van der Waals surface area contributed by atoms with E-state index in [0.717, 1.165) is 31.5 Å². The number of nitrogens with one attached hydrogen (secondary N) is 1. The monoisotopic (exact) mass is 239 g/mol. The Morgan fingerprint density at radius 3 is 2.88 bits per heavy atom. The molecule has 1 unspecified atom stereocenters. The number of halogens is 1. The van der Waals surface area contributed by atoms with Crippen molar-refractivity contribution in [1.29, 1.82) is 0 Å². The van der Waals surface area contributed by atoms with Gasteiger partial charge in [0.1, 0.15) is 0 Å². The van der Waals surface area contributed by atoms with E-state index in [1.807, 2.05) is 6.92 Å². The molecular formula is C13H18FNO2. The van der Waals surface area contributed by atoms with Crippen molar-refractivity contribution in [2.75, 3.05) is 20.2 Å². The van der Waals surface area contributed by atoms with Crippen LogP contribution in [0.3, 0.4) is 0 Å². The van der Waals surface area contributed by atoms with Gasteiger partial charge in [-0.3, -0.25) is 0 Å². The summed E-state index contributed by atoms with van der Waals surface area (Å²) in [5, 5.41) is 13.0. The Balaban J connectivity index is 2.40. The number of benzene rings is 1. The normalized spacial score (nSPS) is 20.3. The van der Waals surface area contributed by atoms with Gasteiger partial charge in [-0.2, -0.15) is 0 Å². The summed E-state index contributed by atoms with van der Waals surface area (Å²) in [5.41, 5.74) is 1.36. The van der Waals surface area contributed by atoms with Crippen molar-refractivity contribution >= 4 is 0 Å². The number of hydrogen-bond donors (Lipinski definition) is 2. The van der Waals surface area contributed by atoms with Crippen LogP contribution in [0.1, 0.15) is 29.9 Å². The highest BCUT2D eigenvalue weighted by Crippen LogP contribution is 2.38. The molecule has 1 atom stereocenters. The van der Waals surface area contributed by atoms with E-state index in [1.54, 1.807) is 6.07 Å². The van der Waals surface area contributed by atoms with Gasteiger partial charge in [0.25, 0.3) is 0 Å². The number of aromatic hydroxyl groups is 1. The molecule has 0 amide bonds. The third-order valence-corrected chi connectivity index (χ3v) is 3.35. The third kappa shape index (κ3) is 2.22. The molecule has 1 aromatic carbocycles. The Kier molecular flexibility index (Phi) is 3.52. The van der Waals surface area contributed by atoms with Crippen molar-refractivity contribution in [1.82, 2.24) is 5.32 Å². The number of methoxy groups -OCH3 is 1. The quantitative estimate of drug-likeness (QED) is 0.832. The molecule has 1 heterocycles. The topological polar surface area (TPSA) is 41.5 Å². The Labute approximate surface area is 101 Å². The van der Waals surface area contributed by atoms with Gasteiger partial charge in [0, 0.05) is 6.54 Å². The second-order valence-corrected chi connectivity index (χ2v) is 4.52. The van der Waals surface area contributed by atoms with Crippen LogP contribution in [0.5, 0.6) is 11.5 Å². The number of aryl methyl sites for hydroxylation is 1. The minimum atomic E-state index is -0.541. The standard InChI is InChI=1S/C13H18FNO2/c1-8-6-10(9-4-3-5-15-7-9)11(14)12(16)13(8)17-2/h6,9,15-16H,3-5,7H2,1-2H3. The molecule has 1 aliphatic heterocycles. The van der Waals surface area contributed by atoms with E-state index in [-0.39, 0.29) is 17.4 Å². The van der Waals surface area contributed by atoms with Crippen molar-refractivity contribution < 1.29 is 14.2 Å². The number of phenols is 1. The molecule has 0 spiro atoms. The predicted octanol–water partition coefficient (Wildman–Crippen LogP) is 2.32. The molecule has 1 fully saturated rings. The summed E-state index contributed by atoms with van der Waals surface area (Å²) in [7, 11) is 1.43. The van der Waals surface area contributed by atoms with Crippen LogP contribution in [-0.4, -0.2) is 25.3 Å². The third-order valence-electron chi connectivity index (χ3n) is 3.35. The summed E-state index contributed by atoms with van der Waals surface area (Å²) in [5.74, 6) is -0.538. The average Bonchev–Trinajstić information content (AvgIpc) is 2.35. The number of ether oxygens (including phenoxy) is 1. The molecule has 3 nitrogen and oxygen atoms in total. The van der Waals surface area contributed by atoms with Crippen molar-refractivity contribution in [2.45, 2.75) is 25.7 Å². The smallest absolute Gasteiger partial charge is 0.194 e. The Bertz CT molecular complexity index is 414. The first-order valence-electron chi connectivity index (χ1n) is 5.91. The first-order chi connectivity index (χ1) is 8.15. The van der Waals surface area contributed by atoms with E-state index in [9.17, 15) is 9.50 Å². The summed E-state index contributed by atoms with van der Waals surface area (Å²) >= 11 is 0. The second kappa shape index (κ2) is 4.92. The molecular weight excluding hydrogens is 221 g/mol. The highest BCUT2D eigenvalue weighted by atomic mass is 19.1. The van der Waals surface area contributed by atoms with E-state index in [1.165, 1.54) is 7.11 Å². The van der Waals surface area contributed by atoms with Crippen molar-refractivity contribution in [3.63, 3.8) is 0 Å². The molecule has 0 aromatic heterocycles. The Morgan fingerprint density at radius 2 is 2.29 bits per heavy atom. The van der Waals surface area contributed by atoms with E-state index < -0.39 is 5.82 Å². The average molecular weight is 239 g/mol. The number of piperidine rings is 1. The zero-order valence-corrected chi connectivity index (χ0v) is 10.2. The molecule has 0 saturated carbocycles. The molecule has 4 heteroatoms. The molecule has 0 radical (unpaired) electrons. The SMILES string of the molecule is COc1c(C)cc(C2CCCNC2)c(F)c1O. The lowest BCUT2D eigenvalue weighted by Crippen LogP contribution is -2.28. The summed E-state index contributed by atoms with van der Waals surface area (Å²) in [6.07, 6.45) is 1.99. The van der Waals surface area contributed by atoms with Gasteiger partial charge >= 0.3 is 0 Å². The van der Waals surface area contributed by atoms with Crippen molar-refractivity contribution in [3.8, 4) is 11.5 Å². The summed E-state index contributed by atoms with van der Waals surface area (Å²) in [6.45, 7) is 3.57. The molecule has 94 valence electrons. The van der Waals surface area contributed by atoms with Crippen LogP contribution >= 0.6 is 0 Å². The molecule has 1 saturated heterocycles. The maximum absolute atomic E-state index is 14.1. The number of hydrogen-bond acceptors (Lipinski definition) is 3. The van der Waals surface area contributed by atoms with Crippen LogP contribution in [0.15, 0.2) is 6.07 Å². The summed E-state index contributed by atoms with van der Waals surface area (Å²) in [4.78, 5) is 0. The highest BCUT2D eigenvalue weighted by Gasteiger charge is 2.23. The molecule has 0 bridgehead atoms. The van der Waals surface area contributed by atoms with Crippen LogP contribution in [0, 0.1) is 12.7 Å². The van der Waals surface area contributed by atoms with Crippen molar-refractivity contribution in [3.05, 3.63) is 23.0 Å².